The average Bonchev–Trinajstić information content (AvgIpc) is 2.84. The van der Waals surface area contributed by atoms with Crippen molar-refractivity contribution in [1.29, 1.82) is 0 Å². The molecule has 1 aliphatic heterocycles. The Morgan fingerprint density at radius 1 is 0.758 bits per heavy atom. The fourth-order valence-corrected chi connectivity index (χ4v) is 5.36. The molecule has 0 radical (unpaired) electrons. The molecule has 1 unspecified atom stereocenters. The second kappa shape index (κ2) is 9.83. The number of hydrogen-bond donors (Lipinski definition) is 1. The van der Waals surface area contributed by atoms with Gasteiger partial charge < -0.3 is 10.0 Å². The molecule has 4 rings (SSSR count). The molecule has 3 aromatic carbocycles. The smallest absolute Gasteiger partial charge is 0.117 e. The summed E-state index contributed by atoms with van der Waals surface area (Å²) in [4.78, 5) is 2.58. The lowest BCUT2D eigenvalue weighted by molar-refractivity contribution is -0.0147. The van der Waals surface area contributed by atoms with Crippen LogP contribution in [0.3, 0.4) is 0 Å². The van der Waals surface area contributed by atoms with Crippen LogP contribution in [0.25, 0.3) is 0 Å². The first-order valence-corrected chi connectivity index (χ1v) is 12.4. The standard InChI is InChI=1S/C31H39NO/c1-24(25-15-17-26(18-16-25)30(2,3)4)23-32-21-19-29(20-22-32)31(33,27-11-7-5-8-12-27)28-13-9-6-10-14-28/h5-18,24,29,33H,19-23H2,1-4H3. The van der Waals surface area contributed by atoms with E-state index in [1.54, 1.807) is 0 Å². The molecular formula is C31H39NO. The van der Waals surface area contributed by atoms with Crippen molar-refractivity contribution in [2.24, 2.45) is 5.92 Å². The average molecular weight is 442 g/mol. The number of benzene rings is 3. The van der Waals surface area contributed by atoms with Crippen LogP contribution in [-0.4, -0.2) is 29.6 Å². The number of rotatable bonds is 6. The van der Waals surface area contributed by atoms with Gasteiger partial charge in [0.1, 0.15) is 5.60 Å². The third-order valence-electron chi connectivity index (χ3n) is 7.48. The summed E-state index contributed by atoms with van der Waals surface area (Å²) in [5.74, 6) is 0.706. The summed E-state index contributed by atoms with van der Waals surface area (Å²) in [5, 5.41) is 12.1. The van der Waals surface area contributed by atoms with Crippen LogP contribution in [0.1, 0.15) is 68.7 Å². The van der Waals surface area contributed by atoms with Gasteiger partial charge in [-0.05, 0) is 65.4 Å². The topological polar surface area (TPSA) is 23.5 Å². The monoisotopic (exact) mass is 441 g/mol. The van der Waals surface area contributed by atoms with Crippen molar-refractivity contribution in [2.75, 3.05) is 19.6 Å². The van der Waals surface area contributed by atoms with Gasteiger partial charge in [0.05, 0.1) is 0 Å². The molecule has 1 heterocycles. The van der Waals surface area contributed by atoms with Crippen LogP contribution >= 0.6 is 0 Å². The van der Waals surface area contributed by atoms with Gasteiger partial charge in [-0.3, -0.25) is 0 Å². The van der Waals surface area contributed by atoms with Crippen molar-refractivity contribution in [3.63, 3.8) is 0 Å². The first-order chi connectivity index (χ1) is 15.8. The fraction of sp³-hybridized carbons (Fsp3) is 0.419. The van der Waals surface area contributed by atoms with Gasteiger partial charge in [-0.15, -0.1) is 0 Å². The van der Waals surface area contributed by atoms with E-state index in [1.165, 1.54) is 11.1 Å². The van der Waals surface area contributed by atoms with Crippen LogP contribution in [0.15, 0.2) is 84.9 Å². The quantitative estimate of drug-likeness (QED) is 0.458. The highest BCUT2D eigenvalue weighted by Gasteiger charge is 2.41. The minimum Gasteiger partial charge on any atom is -0.380 e. The molecule has 1 fully saturated rings. The number of hydrogen-bond acceptors (Lipinski definition) is 2. The normalized spacial score (nSPS) is 17.1. The summed E-state index contributed by atoms with van der Waals surface area (Å²) in [6.45, 7) is 12.2. The highest BCUT2D eigenvalue weighted by atomic mass is 16.3. The Kier molecular flexibility index (Phi) is 7.07. The third kappa shape index (κ3) is 5.23. The minimum atomic E-state index is -0.941. The highest BCUT2D eigenvalue weighted by molar-refractivity contribution is 5.37. The molecule has 1 atom stereocenters. The number of nitrogens with zero attached hydrogens (tertiary/aromatic N) is 1. The van der Waals surface area contributed by atoms with Crippen molar-refractivity contribution in [2.45, 2.75) is 57.5 Å². The van der Waals surface area contributed by atoms with Gasteiger partial charge in [0.15, 0.2) is 0 Å². The predicted octanol–water partition coefficient (Wildman–Crippen LogP) is 6.74. The van der Waals surface area contributed by atoms with E-state index < -0.39 is 5.60 Å². The lowest BCUT2D eigenvalue weighted by Crippen LogP contribution is -2.45. The van der Waals surface area contributed by atoms with E-state index in [2.05, 4.69) is 81.1 Å². The van der Waals surface area contributed by atoms with Gasteiger partial charge in [-0.25, -0.2) is 0 Å². The van der Waals surface area contributed by atoms with Gasteiger partial charge in [0, 0.05) is 6.54 Å². The highest BCUT2D eigenvalue weighted by Crippen LogP contribution is 2.42. The van der Waals surface area contributed by atoms with Crippen molar-refractivity contribution < 1.29 is 5.11 Å². The van der Waals surface area contributed by atoms with Gasteiger partial charge in [0.2, 0.25) is 0 Å². The number of aliphatic hydroxyl groups is 1. The maximum atomic E-state index is 12.1. The first-order valence-electron chi connectivity index (χ1n) is 12.4. The van der Waals surface area contributed by atoms with Crippen LogP contribution in [0.5, 0.6) is 0 Å². The number of piperidine rings is 1. The Balaban J connectivity index is 1.44. The van der Waals surface area contributed by atoms with Gasteiger partial charge >= 0.3 is 0 Å². The molecule has 0 aliphatic carbocycles. The molecule has 0 amide bonds. The Labute approximate surface area is 200 Å². The van der Waals surface area contributed by atoms with E-state index in [4.69, 9.17) is 0 Å². The Morgan fingerprint density at radius 2 is 1.24 bits per heavy atom. The van der Waals surface area contributed by atoms with Crippen molar-refractivity contribution >= 4 is 0 Å². The minimum absolute atomic E-state index is 0.192. The maximum absolute atomic E-state index is 12.1. The summed E-state index contributed by atoms with van der Waals surface area (Å²) in [6.07, 6.45) is 1.99. The van der Waals surface area contributed by atoms with Crippen molar-refractivity contribution in [1.82, 2.24) is 4.90 Å². The second-order valence-corrected chi connectivity index (χ2v) is 10.8. The molecular weight excluding hydrogens is 402 g/mol. The Hall–Kier alpha value is -2.42. The van der Waals surface area contributed by atoms with Crippen molar-refractivity contribution in [3.05, 3.63) is 107 Å². The summed E-state index contributed by atoms with van der Waals surface area (Å²) in [7, 11) is 0. The molecule has 2 heteroatoms. The molecule has 3 aromatic rings. The van der Waals surface area contributed by atoms with Gasteiger partial charge in [-0.2, -0.15) is 0 Å². The number of likely N-dealkylation sites (tertiary alicyclic amines) is 1. The lowest BCUT2D eigenvalue weighted by Gasteiger charge is -2.43. The van der Waals surface area contributed by atoms with Gasteiger partial charge in [-0.1, -0.05) is 113 Å². The molecule has 0 bridgehead atoms. The van der Waals surface area contributed by atoms with Crippen LogP contribution in [0.2, 0.25) is 0 Å². The summed E-state index contributed by atoms with van der Waals surface area (Å²) in [6, 6.07) is 29.7. The van der Waals surface area contributed by atoms with Crippen LogP contribution < -0.4 is 0 Å². The predicted molar refractivity (Wildman–Crippen MR) is 139 cm³/mol. The van der Waals surface area contributed by atoms with E-state index >= 15 is 0 Å². The maximum Gasteiger partial charge on any atom is 0.117 e. The molecule has 0 aromatic heterocycles. The molecule has 1 saturated heterocycles. The molecule has 0 saturated carbocycles. The summed E-state index contributed by atoms with van der Waals surface area (Å²) < 4.78 is 0. The first kappa shape index (κ1) is 23.7. The zero-order chi connectivity index (χ0) is 23.5. The van der Waals surface area contributed by atoms with Crippen LogP contribution in [-0.2, 0) is 11.0 Å². The van der Waals surface area contributed by atoms with E-state index in [0.717, 1.165) is 43.6 Å². The molecule has 1 aliphatic rings. The van der Waals surface area contributed by atoms with E-state index in [9.17, 15) is 5.11 Å². The molecule has 1 N–H and O–H groups in total. The lowest BCUT2D eigenvalue weighted by atomic mass is 9.72. The van der Waals surface area contributed by atoms with Crippen molar-refractivity contribution in [3.8, 4) is 0 Å². The fourth-order valence-electron chi connectivity index (χ4n) is 5.36. The zero-order valence-electron chi connectivity index (χ0n) is 20.7. The summed E-state index contributed by atoms with van der Waals surface area (Å²) >= 11 is 0. The second-order valence-electron chi connectivity index (χ2n) is 10.8. The Morgan fingerprint density at radius 3 is 1.70 bits per heavy atom. The molecule has 174 valence electrons. The van der Waals surface area contributed by atoms with Gasteiger partial charge in [0.25, 0.3) is 0 Å². The van der Waals surface area contributed by atoms with E-state index in [1.807, 2.05) is 36.4 Å². The molecule has 0 spiro atoms. The van der Waals surface area contributed by atoms with E-state index in [-0.39, 0.29) is 11.3 Å². The third-order valence-corrected chi connectivity index (χ3v) is 7.48. The van der Waals surface area contributed by atoms with Crippen LogP contribution in [0.4, 0.5) is 0 Å². The Bertz CT molecular complexity index is 957. The SMILES string of the molecule is CC(CN1CCC(C(O)(c2ccccc2)c2ccccc2)CC1)c1ccc(C(C)(C)C)cc1. The summed E-state index contributed by atoms with van der Waals surface area (Å²) in [5.41, 5.74) is 4.06. The molecule has 33 heavy (non-hydrogen) atoms. The van der Waals surface area contributed by atoms with E-state index in [0.29, 0.717) is 5.92 Å². The van der Waals surface area contributed by atoms with Crippen LogP contribution in [0, 0.1) is 5.92 Å². The zero-order valence-corrected chi connectivity index (χ0v) is 20.7. The largest absolute Gasteiger partial charge is 0.380 e. The molecule has 2 nitrogen and oxygen atoms in total.